The third-order valence-electron chi connectivity index (χ3n) is 4.83. The molecule has 3 rings (SSSR count). The predicted octanol–water partition coefficient (Wildman–Crippen LogP) is 4.59. The molecule has 2 amide bonds. The number of nitrogens with one attached hydrogen (secondary N) is 2. The Kier molecular flexibility index (Phi) is 7.27. The minimum absolute atomic E-state index is 0.104. The molecule has 3 aromatic rings. The van der Waals surface area contributed by atoms with Crippen LogP contribution < -0.4 is 15.4 Å². The number of thiophene rings is 1. The van der Waals surface area contributed by atoms with Crippen LogP contribution in [-0.4, -0.2) is 32.0 Å². The first-order chi connectivity index (χ1) is 15.3. The van der Waals surface area contributed by atoms with Gasteiger partial charge in [-0.25, -0.2) is 4.79 Å². The lowest BCUT2D eigenvalue weighted by Crippen LogP contribution is -2.16. The molecule has 0 aliphatic rings. The molecule has 166 valence electrons. The van der Waals surface area contributed by atoms with Crippen molar-refractivity contribution >= 4 is 39.8 Å². The highest BCUT2D eigenvalue weighted by Gasteiger charge is 2.26. The number of carbonyl (C=O) groups is 3. The number of amides is 2. The standard InChI is InChI=1S/C24H24N2O5S/c1-14-5-9-17(10-6-14)25-22(28)21-15(2)20(24(29)31-4)23(32-21)26-19(27)13-16-7-11-18(30-3)12-8-16/h5-12H,13H2,1-4H3,(H,25,28)(H,26,27). The zero-order valence-corrected chi connectivity index (χ0v) is 19.1. The maximum atomic E-state index is 12.9. The van der Waals surface area contributed by atoms with Gasteiger partial charge in [-0.15, -0.1) is 11.3 Å². The summed E-state index contributed by atoms with van der Waals surface area (Å²) in [5.74, 6) is -0.600. The van der Waals surface area contributed by atoms with Gasteiger partial charge in [0.1, 0.15) is 10.8 Å². The summed E-state index contributed by atoms with van der Waals surface area (Å²) in [6, 6.07) is 14.5. The van der Waals surface area contributed by atoms with Gasteiger partial charge in [0.25, 0.3) is 5.91 Å². The summed E-state index contributed by atoms with van der Waals surface area (Å²) in [6.45, 7) is 3.62. The fourth-order valence-corrected chi connectivity index (χ4v) is 4.20. The van der Waals surface area contributed by atoms with E-state index >= 15 is 0 Å². The Morgan fingerprint density at radius 2 is 1.56 bits per heavy atom. The van der Waals surface area contributed by atoms with Crippen molar-refractivity contribution in [2.45, 2.75) is 20.3 Å². The normalized spacial score (nSPS) is 10.4. The molecule has 1 aromatic heterocycles. The van der Waals surface area contributed by atoms with Gasteiger partial charge in [-0.1, -0.05) is 29.8 Å². The van der Waals surface area contributed by atoms with Crippen molar-refractivity contribution in [2.24, 2.45) is 0 Å². The van der Waals surface area contributed by atoms with E-state index < -0.39 is 5.97 Å². The van der Waals surface area contributed by atoms with Crippen molar-refractivity contribution in [3.05, 3.63) is 75.7 Å². The van der Waals surface area contributed by atoms with Crippen LogP contribution >= 0.6 is 11.3 Å². The van der Waals surface area contributed by atoms with Gasteiger partial charge < -0.3 is 20.1 Å². The second kappa shape index (κ2) is 10.1. The molecule has 8 heteroatoms. The summed E-state index contributed by atoms with van der Waals surface area (Å²) in [7, 11) is 2.83. The minimum atomic E-state index is -0.618. The molecular weight excluding hydrogens is 428 g/mol. The Hall–Kier alpha value is -3.65. The van der Waals surface area contributed by atoms with Gasteiger partial charge in [-0.2, -0.15) is 0 Å². The Balaban J connectivity index is 1.82. The SMILES string of the molecule is COC(=O)c1c(NC(=O)Cc2ccc(OC)cc2)sc(C(=O)Nc2ccc(C)cc2)c1C. The molecule has 7 nitrogen and oxygen atoms in total. The van der Waals surface area contributed by atoms with Crippen LogP contribution in [0.15, 0.2) is 48.5 Å². The minimum Gasteiger partial charge on any atom is -0.497 e. The monoisotopic (exact) mass is 452 g/mol. The lowest BCUT2D eigenvalue weighted by Gasteiger charge is -2.07. The number of anilines is 2. The molecule has 0 unspecified atom stereocenters. The van der Waals surface area contributed by atoms with Crippen molar-refractivity contribution in [3.8, 4) is 5.75 Å². The third kappa shape index (κ3) is 5.33. The van der Waals surface area contributed by atoms with Crippen LogP contribution in [0.3, 0.4) is 0 Å². The third-order valence-corrected chi connectivity index (χ3v) is 6.03. The second-order valence-electron chi connectivity index (χ2n) is 7.15. The average molecular weight is 453 g/mol. The molecule has 0 aliphatic carbocycles. The number of benzene rings is 2. The Morgan fingerprint density at radius 3 is 2.16 bits per heavy atom. The zero-order chi connectivity index (χ0) is 23.3. The number of methoxy groups -OCH3 is 2. The summed E-state index contributed by atoms with van der Waals surface area (Å²) >= 11 is 1.04. The van der Waals surface area contributed by atoms with Gasteiger partial charge in [-0.05, 0) is 49.2 Å². The molecule has 32 heavy (non-hydrogen) atoms. The summed E-state index contributed by atoms with van der Waals surface area (Å²) < 4.78 is 10.0. The summed E-state index contributed by atoms with van der Waals surface area (Å²) in [5.41, 5.74) is 3.12. The largest absolute Gasteiger partial charge is 0.497 e. The summed E-state index contributed by atoms with van der Waals surface area (Å²) in [5, 5.41) is 5.86. The molecule has 2 N–H and O–H groups in total. The first kappa shape index (κ1) is 23.0. The fraction of sp³-hybridized carbons (Fsp3) is 0.208. The predicted molar refractivity (Wildman–Crippen MR) is 125 cm³/mol. The Bertz CT molecular complexity index is 1130. The maximum absolute atomic E-state index is 12.9. The van der Waals surface area contributed by atoms with Gasteiger partial charge >= 0.3 is 5.97 Å². The number of hydrogen-bond acceptors (Lipinski definition) is 6. The molecule has 0 fully saturated rings. The molecule has 0 bridgehead atoms. The van der Waals surface area contributed by atoms with Gasteiger partial charge in [0.15, 0.2) is 0 Å². The number of aryl methyl sites for hydroxylation is 1. The molecule has 0 radical (unpaired) electrons. The van der Waals surface area contributed by atoms with E-state index in [9.17, 15) is 14.4 Å². The van der Waals surface area contributed by atoms with Crippen LogP contribution in [0.5, 0.6) is 5.75 Å². The average Bonchev–Trinajstić information content (AvgIpc) is 3.11. The highest BCUT2D eigenvalue weighted by atomic mass is 32.1. The van der Waals surface area contributed by atoms with Crippen LogP contribution in [0.1, 0.15) is 36.7 Å². The zero-order valence-electron chi connectivity index (χ0n) is 18.3. The number of esters is 1. The highest BCUT2D eigenvalue weighted by molar-refractivity contribution is 7.18. The molecule has 2 aromatic carbocycles. The van der Waals surface area contributed by atoms with Crippen LogP contribution in [0, 0.1) is 13.8 Å². The van der Waals surface area contributed by atoms with Crippen LogP contribution in [0.2, 0.25) is 0 Å². The van der Waals surface area contributed by atoms with Gasteiger partial charge in [0.2, 0.25) is 5.91 Å². The lowest BCUT2D eigenvalue weighted by atomic mass is 10.1. The van der Waals surface area contributed by atoms with Gasteiger partial charge in [-0.3, -0.25) is 9.59 Å². The quantitative estimate of drug-likeness (QED) is 0.511. The molecule has 0 atom stereocenters. The van der Waals surface area contributed by atoms with Crippen LogP contribution in [0.4, 0.5) is 10.7 Å². The topological polar surface area (TPSA) is 93.7 Å². The fourth-order valence-electron chi connectivity index (χ4n) is 3.09. The maximum Gasteiger partial charge on any atom is 0.341 e. The Labute approximate surface area is 190 Å². The summed E-state index contributed by atoms with van der Waals surface area (Å²) in [4.78, 5) is 38.2. The number of carbonyl (C=O) groups excluding carboxylic acids is 3. The van der Waals surface area contributed by atoms with Crippen molar-refractivity contribution in [1.82, 2.24) is 0 Å². The number of rotatable bonds is 7. The van der Waals surface area contributed by atoms with E-state index in [2.05, 4.69) is 10.6 Å². The number of ether oxygens (including phenoxy) is 2. The molecule has 0 aliphatic heterocycles. The van der Waals surface area contributed by atoms with Crippen LogP contribution in [0.25, 0.3) is 0 Å². The van der Waals surface area contributed by atoms with E-state index in [1.54, 1.807) is 50.4 Å². The van der Waals surface area contributed by atoms with E-state index in [0.29, 0.717) is 21.9 Å². The molecule has 1 heterocycles. The molecular formula is C24H24N2O5S. The van der Waals surface area contributed by atoms with Crippen molar-refractivity contribution in [2.75, 3.05) is 24.9 Å². The van der Waals surface area contributed by atoms with Crippen LogP contribution in [-0.2, 0) is 16.0 Å². The van der Waals surface area contributed by atoms with E-state index in [4.69, 9.17) is 9.47 Å². The molecule has 0 saturated carbocycles. The smallest absolute Gasteiger partial charge is 0.341 e. The second-order valence-corrected chi connectivity index (χ2v) is 8.17. The van der Waals surface area contributed by atoms with Crippen molar-refractivity contribution in [3.63, 3.8) is 0 Å². The van der Waals surface area contributed by atoms with E-state index in [0.717, 1.165) is 22.5 Å². The first-order valence-electron chi connectivity index (χ1n) is 9.85. The highest BCUT2D eigenvalue weighted by Crippen LogP contribution is 2.34. The molecule has 0 saturated heterocycles. The number of hydrogen-bond donors (Lipinski definition) is 2. The Morgan fingerprint density at radius 1 is 0.906 bits per heavy atom. The summed E-state index contributed by atoms with van der Waals surface area (Å²) in [6.07, 6.45) is 0.104. The van der Waals surface area contributed by atoms with Gasteiger partial charge in [0.05, 0.1) is 31.1 Å². The van der Waals surface area contributed by atoms with Gasteiger partial charge in [0, 0.05) is 5.69 Å². The van der Waals surface area contributed by atoms with E-state index in [1.807, 2.05) is 19.1 Å². The van der Waals surface area contributed by atoms with Crippen molar-refractivity contribution in [1.29, 1.82) is 0 Å². The lowest BCUT2D eigenvalue weighted by molar-refractivity contribution is -0.115. The van der Waals surface area contributed by atoms with Crippen molar-refractivity contribution < 1.29 is 23.9 Å². The molecule has 0 spiro atoms. The van der Waals surface area contributed by atoms with E-state index in [1.165, 1.54) is 7.11 Å². The first-order valence-corrected chi connectivity index (χ1v) is 10.7. The van der Waals surface area contributed by atoms with E-state index in [-0.39, 0.29) is 28.8 Å².